The maximum atomic E-state index is 9.98. The molecule has 11 nitrogen and oxygen atoms in total. The van der Waals surface area contributed by atoms with Gasteiger partial charge in [-0.15, -0.1) is 0 Å². The van der Waals surface area contributed by atoms with Gasteiger partial charge in [0.2, 0.25) is 0 Å². The Hall–Kier alpha value is -0.440. The van der Waals surface area contributed by atoms with Crippen LogP contribution < -0.4 is 0 Å². The van der Waals surface area contributed by atoms with E-state index in [1.54, 1.807) is 0 Å². The highest BCUT2D eigenvalue weighted by atomic mass is 16.6. The molecule has 0 saturated carbocycles. The number of hydrogen-bond acceptors (Lipinski definition) is 11. The second-order valence-corrected chi connectivity index (χ2v) is 5.51. The van der Waals surface area contributed by atoms with Gasteiger partial charge in [0.05, 0.1) is 13.2 Å². The average molecular weight is 344 g/mol. The summed E-state index contributed by atoms with van der Waals surface area (Å²) in [5.74, 6) is 0. The number of hydrogen-bond donors (Lipinski definition) is 10. The van der Waals surface area contributed by atoms with E-state index in [0.29, 0.717) is 0 Å². The van der Waals surface area contributed by atoms with E-state index in [1.807, 2.05) is 0 Å². The lowest BCUT2D eigenvalue weighted by Crippen LogP contribution is -2.64. The minimum Gasteiger partial charge on any atom is -0.394 e. The van der Waals surface area contributed by atoms with Gasteiger partial charge in [-0.25, -0.2) is 0 Å². The first kappa shape index (κ1) is 20.6. The van der Waals surface area contributed by atoms with Crippen molar-refractivity contribution in [2.45, 2.75) is 61.0 Å². The topological polar surface area (TPSA) is 212 Å². The summed E-state index contributed by atoms with van der Waals surface area (Å²) in [4.78, 5) is 0. The van der Waals surface area contributed by atoms with E-state index in [4.69, 9.17) is 14.9 Å². The van der Waals surface area contributed by atoms with E-state index in [1.165, 1.54) is 0 Å². The largest absolute Gasteiger partial charge is 0.394 e. The minimum absolute atomic E-state index is 0.751. The summed E-state index contributed by atoms with van der Waals surface area (Å²) in [7, 11) is 0. The van der Waals surface area contributed by atoms with Crippen molar-refractivity contribution in [3.05, 3.63) is 0 Å². The van der Waals surface area contributed by atoms with Crippen molar-refractivity contribution in [1.82, 2.24) is 0 Å². The van der Waals surface area contributed by atoms with E-state index in [-0.39, 0.29) is 0 Å². The molecular weight excluding hydrogens is 320 g/mol. The Labute approximate surface area is 131 Å². The molecule has 1 aliphatic rings. The third kappa shape index (κ3) is 4.35. The Morgan fingerprint density at radius 2 is 1.30 bits per heavy atom. The lowest BCUT2D eigenvalue weighted by atomic mass is 9.88. The molecule has 0 spiro atoms. The Balaban J connectivity index is 2.83. The molecule has 1 fully saturated rings. The van der Waals surface area contributed by atoms with Crippen LogP contribution in [0.15, 0.2) is 0 Å². The first-order valence-electron chi connectivity index (χ1n) is 6.99. The molecule has 0 amide bonds. The summed E-state index contributed by atoms with van der Waals surface area (Å²) in [6, 6.07) is 0. The van der Waals surface area contributed by atoms with E-state index in [2.05, 4.69) is 0 Å². The van der Waals surface area contributed by atoms with Crippen molar-refractivity contribution in [3.63, 3.8) is 0 Å². The van der Waals surface area contributed by atoms with Gasteiger partial charge < -0.3 is 55.8 Å². The monoisotopic (exact) mass is 344 g/mol. The summed E-state index contributed by atoms with van der Waals surface area (Å²) in [6.45, 7) is -1.67. The fraction of sp³-hybridized carbons (Fsp3) is 1.00. The maximum absolute atomic E-state index is 9.98. The van der Waals surface area contributed by atoms with E-state index < -0.39 is 74.3 Å². The Bertz CT molecular complexity index is 354. The van der Waals surface area contributed by atoms with E-state index in [9.17, 15) is 40.9 Å². The fourth-order valence-electron chi connectivity index (χ4n) is 2.35. The third-order valence-corrected chi connectivity index (χ3v) is 3.90. The van der Waals surface area contributed by atoms with Gasteiger partial charge in [-0.3, -0.25) is 0 Å². The van der Waals surface area contributed by atoms with Crippen LogP contribution in [-0.4, -0.2) is 125 Å². The highest BCUT2D eigenvalue weighted by Gasteiger charge is 2.49. The van der Waals surface area contributed by atoms with Crippen molar-refractivity contribution in [3.8, 4) is 0 Å². The molecule has 0 bridgehead atoms. The smallest absolute Gasteiger partial charge is 0.115 e. The highest BCUT2D eigenvalue weighted by molar-refractivity contribution is 4.98. The standard InChI is InChI=1S/C12H24O11/c13-1-3(15)5(16)7(18)9(20)11(22)12-10(21)8(19)6(17)4(2-14)23-12/h3-22H,1-2H2/t3?,4-,5?,6+,7?,8+,9?,10-,11?,12+/m1/s1. The quantitative estimate of drug-likeness (QED) is 0.210. The second-order valence-electron chi connectivity index (χ2n) is 5.51. The maximum Gasteiger partial charge on any atom is 0.115 e. The van der Waals surface area contributed by atoms with Crippen LogP contribution in [-0.2, 0) is 4.74 Å². The molecule has 1 heterocycles. The fourth-order valence-corrected chi connectivity index (χ4v) is 2.35. The molecule has 0 aromatic rings. The number of aliphatic hydroxyl groups excluding tert-OH is 10. The van der Waals surface area contributed by atoms with Gasteiger partial charge in [0.25, 0.3) is 0 Å². The van der Waals surface area contributed by atoms with E-state index in [0.717, 1.165) is 0 Å². The number of rotatable bonds is 7. The number of aliphatic hydroxyl groups is 10. The zero-order valence-electron chi connectivity index (χ0n) is 12.1. The summed E-state index contributed by atoms with van der Waals surface area (Å²) in [6.07, 6.45) is -18.4. The third-order valence-electron chi connectivity index (χ3n) is 3.90. The Morgan fingerprint density at radius 3 is 1.78 bits per heavy atom. The SMILES string of the molecule is OCC(O)C(O)C(O)C(O)C(O)[C@H]1O[C@H](CO)[C@H](O)[C@H](O)[C@H]1O. The molecule has 0 aliphatic carbocycles. The van der Waals surface area contributed by atoms with Gasteiger partial charge in [-0.05, 0) is 0 Å². The van der Waals surface area contributed by atoms with Crippen molar-refractivity contribution in [2.75, 3.05) is 13.2 Å². The molecule has 0 radical (unpaired) electrons. The summed E-state index contributed by atoms with van der Waals surface area (Å²) in [5, 5.41) is 94.9. The van der Waals surface area contributed by atoms with Crippen molar-refractivity contribution < 1.29 is 55.8 Å². The molecule has 10 N–H and O–H groups in total. The zero-order chi connectivity index (χ0) is 17.9. The van der Waals surface area contributed by atoms with Crippen LogP contribution in [0.4, 0.5) is 0 Å². The predicted octanol–water partition coefficient (Wildman–Crippen LogP) is -6.37. The van der Waals surface area contributed by atoms with Crippen molar-refractivity contribution in [2.24, 2.45) is 0 Å². The molecule has 138 valence electrons. The normalized spacial score (nSPS) is 38.6. The first-order valence-corrected chi connectivity index (χ1v) is 6.99. The zero-order valence-corrected chi connectivity index (χ0v) is 12.1. The summed E-state index contributed by atoms with van der Waals surface area (Å²) < 4.78 is 5.01. The molecule has 0 aromatic heterocycles. The molecular formula is C12H24O11. The number of ether oxygens (including phenoxy) is 1. The predicted molar refractivity (Wildman–Crippen MR) is 70.9 cm³/mol. The van der Waals surface area contributed by atoms with Crippen molar-refractivity contribution in [1.29, 1.82) is 0 Å². The molecule has 10 atom stereocenters. The van der Waals surface area contributed by atoms with Crippen LogP contribution in [0.5, 0.6) is 0 Å². The van der Waals surface area contributed by atoms with Gasteiger partial charge in [0.15, 0.2) is 0 Å². The van der Waals surface area contributed by atoms with E-state index >= 15 is 0 Å². The molecule has 1 saturated heterocycles. The van der Waals surface area contributed by atoms with Crippen LogP contribution in [0.25, 0.3) is 0 Å². The molecule has 1 rings (SSSR count). The van der Waals surface area contributed by atoms with Gasteiger partial charge in [-0.1, -0.05) is 0 Å². The lowest BCUT2D eigenvalue weighted by molar-refractivity contribution is -0.264. The lowest BCUT2D eigenvalue weighted by Gasteiger charge is -2.43. The molecule has 0 aromatic carbocycles. The van der Waals surface area contributed by atoms with Gasteiger partial charge >= 0.3 is 0 Å². The average Bonchev–Trinajstić information content (AvgIpc) is 2.56. The van der Waals surface area contributed by atoms with Crippen LogP contribution in [0, 0.1) is 0 Å². The van der Waals surface area contributed by atoms with Crippen LogP contribution >= 0.6 is 0 Å². The Kier molecular flexibility index (Phi) is 7.70. The van der Waals surface area contributed by atoms with Crippen LogP contribution in [0.1, 0.15) is 0 Å². The van der Waals surface area contributed by atoms with Gasteiger partial charge in [0, 0.05) is 0 Å². The minimum atomic E-state index is -2.13. The molecule has 5 unspecified atom stereocenters. The highest BCUT2D eigenvalue weighted by Crippen LogP contribution is 2.25. The molecule has 23 heavy (non-hydrogen) atoms. The second kappa shape index (κ2) is 8.60. The van der Waals surface area contributed by atoms with Crippen molar-refractivity contribution >= 4 is 0 Å². The summed E-state index contributed by atoms with van der Waals surface area (Å²) in [5.41, 5.74) is 0. The van der Waals surface area contributed by atoms with Crippen LogP contribution in [0.3, 0.4) is 0 Å². The first-order chi connectivity index (χ1) is 10.7. The Morgan fingerprint density at radius 1 is 0.739 bits per heavy atom. The van der Waals surface area contributed by atoms with Gasteiger partial charge in [-0.2, -0.15) is 0 Å². The molecule has 11 heteroatoms. The van der Waals surface area contributed by atoms with Crippen LogP contribution in [0.2, 0.25) is 0 Å². The molecule has 1 aliphatic heterocycles. The van der Waals surface area contributed by atoms with Gasteiger partial charge in [0.1, 0.15) is 61.0 Å². The summed E-state index contributed by atoms with van der Waals surface area (Å²) >= 11 is 0.